The number of fused-ring (bicyclic) bond motifs is 5. The SMILES string of the molecule is N#CC(C#N)=Nc1cc2c(s1)-c1sc3cc(N=C(C#N)C#N)sc3c1OC2(C(=O)OCc1ccccc1)C(=O)OCc1ccccc1. The molecule has 0 atom stereocenters. The Morgan fingerprint density at radius 3 is 1.72 bits per heavy atom. The van der Waals surface area contributed by atoms with Gasteiger partial charge in [0.1, 0.15) is 47.5 Å². The van der Waals surface area contributed by atoms with E-state index in [1.807, 2.05) is 12.1 Å². The van der Waals surface area contributed by atoms with Gasteiger partial charge in [-0.3, -0.25) is 0 Å². The third-order valence-corrected chi connectivity index (χ3v) is 10.2. The molecule has 14 heteroatoms. The summed E-state index contributed by atoms with van der Waals surface area (Å²) in [5.74, 6) is -1.93. The Hall–Kier alpha value is -6.16. The number of nitrogens with zero attached hydrogens (tertiary/aromatic N) is 6. The van der Waals surface area contributed by atoms with Crippen LogP contribution < -0.4 is 4.74 Å². The van der Waals surface area contributed by atoms with Crippen LogP contribution in [0.5, 0.6) is 5.75 Å². The van der Waals surface area contributed by atoms with Gasteiger partial charge in [-0.2, -0.15) is 21.0 Å². The molecule has 0 N–H and O–H groups in total. The fourth-order valence-electron chi connectivity index (χ4n) is 4.63. The van der Waals surface area contributed by atoms with Gasteiger partial charge in [0.15, 0.2) is 5.75 Å². The number of hydrogen-bond acceptors (Lipinski definition) is 14. The third-order valence-electron chi connectivity index (χ3n) is 6.74. The molecule has 6 rings (SSSR count). The van der Waals surface area contributed by atoms with Crippen LogP contribution >= 0.6 is 34.0 Å². The van der Waals surface area contributed by atoms with Gasteiger partial charge < -0.3 is 14.2 Å². The zero-order valence-corrected chi connectivity index (χ0v) is 26.2. The van der Waals surface area contributed by atoms with Crippen molar-refractivity contribution >= 4 is 76.8 Å². The maximum atomic E-state index is 14.3. The number of rotatable bonds is 8. The highest BCUT2D eigenvalue weighted by molar-refractivity contribution is 7.33. The van der Waals surface area contributed by atoms with Crippen LogP contribution in [0.2, 0.25) is 0 Å². The molecule has 3 aromatic heterocycles. The summed E-state index contributed by atoms with van der Waals surface area (Å²) in [7, 11) is 0. The minimum atomic E-state index is -2.47. The van der Waals surface area contributed by atoms with E-state index in [1.165, 1.54) is 17.4 Å². The van der Waals surface area contributed by atoms with Crippen molar-refractivity contribution in [3.8, 4) is 39.8 Å². The first-order valence-electron chi connectivity index (χ1n) is 13.5. The molecule has 226 valence electrons. The number of thiophene rings is 3. The van der Waals surface area contributed by atoms with E-state index in [1.54, 1.807) is 78.9 Å². The van der Waals surface area contributed by atoms with E-state index in [-0.39, 0.29) is 35.2 Å². The summed E-state index contributed by atoms with van der Waals surface area (Å²) in [6.45, 7) is -0.355. The summed E-state index contributed by atoms with van der Waals surface area (Å²) < 4.78 is 19.1. The quantitative estimate of drug-likeness (QED) is 0.0951. The second kappa shape index (κ2) is 13.1. The molecular weight excluding hydrogens is 657 g/mol. The molecule has 4 heterocycles. The van der Waals surface area contributed by atoms with Crippen LogP contribution in [0.25, 0.3) is 19.2 Å². The van der Waals surface area contributed by atoms with Crippen LogP contribution in [0.4, 0.5) is 10.0 Å². The highest BCUT2D eigenvalue weighted by atomic mass is 32.1. The Bertz CT molecular complexity index is 2190. The van der Waals surface area contributed by atoms with E-state index in [0.717, 1.165) is 22.7 Å². The summed E-state index contributed by atoms with van der Waals surface area (Å²) in [5, 5.41) is 37.6. The van der Waals surface area contributed by atoms with Gasteiger partial charge in [0.05, 0.1) is 19.2 Å². The van der Waals surface area contributed by atoms with E-state index in [2.05, 4.69) is 9.98 Å². The van der Waals surface area contributed by atoms with Crippen molar-refractivity contribution in [3.05, 3.63) is 89.5 Å². The second-order valence-electron chi connectivity index (χ2n) is 9.64. The zero-order chi connectivity index (χ0) is 33.0. The van der Waals surface area contributed by atoms with Gasteiger partial charge >= 0.3 is 17.5 Å². The highest BCUT2D eigenvalue weighted by Crippen LogP contribution is 2.59. The van der Waals surface area contributed by atoms with E-state index < -0.39 is 23.3 Å². The molecule has 0 saturated carbocycles. The van der Waals surface area contributed by atoms with Gasteiger partial charge in [0.2, 0.25) is 11.4 Å². The standard InChI is InChI=1S/C33H16N6O5S3/c34-13-21(14-35)38-25-11-23-28(46-25)30-27(29-24(45-30)12-26(47-29)39-22(15-36)16-37)44-33(23,31(40)42-17-19-7-3-1-4-8-19)32(41)43-18-20-9-5-2-6-10-20/h1-12H,17-18H2. The van der Waals surface area contributed by atoms with E-state index in [9.17, 15) is 30.6 Å². The molecule has 1 aliphatic heterocycles. The first-order valence-corrected chi connectivity index (χ1v) is 15.9. The van der Waals surface area contributed by atoms with Crippen LogP contribution in [-0.2, 0) is 37.9 Å². The number of nitriles is 4. The van der Waals surface area contributed by atoms with Crippen LogP contribution in [0.3, 0.4) is 0 Å². The lowest BCUT2D eigenvalue weighted by molar-refractivity contribution is -0.183. The van der Waals surface area contributed by atoms with Crippen LogP contribution in [0.15, 0.2) is 82.8 Å². The normalized spacial score (nSPS) is 12.0. The van der Waals surface area contributed by atoms with Gasteiger partial charge in [0, 0.05) is 5.56 Å². The lowest BCUT2D eigenvalue weighted by Crippen LogP contribution is -2.52. The Kier molecular flexibility index (Phi) is 8.57. The van der Waals surface area contributed by atoms with Gasteiger partial charge in [-0.05, 0) is 23.3 Å². The van der Waals surface area contributed by atoms with Crippen molar-refractivity contribution in [2.24, 2.45) is 9.98 Å². The number of carbonyl (C=O) groups excluding carboxylic acids is 2. The maximum Gasteiger partial charge on any atom is 0.367 e. The van der Waals surface area contributed by atoms with Gasteiger partial charge in [0.25, 0.3) is 0 Å². The van der Waals surface area contributed by atoms with E-state index >= 15 is 0 Å². The molecule has 5 aromatic rings. The Balaban J connectivity index is 1.53. The predicted molar refractivity (Wildman–Crippen MR) is 174 cm³/mol. The summed E-state index contributed by atoms with van der Waals surface area (Å²) in [6, 6.07) is 27.8. The average molecular weight is 673 g/mol. The van der Waals surface area contributed by atoms with Crippen LogP contribution in [0.1, 0.15) is 16.7 Å². The Morgan fingerprint density at radius 2 is 1.21 bits per heavy atom. The number of benzene rings is 2. The topological polar surface area (TPSA) is 182 Å². The predicted octanol–water partition coefficient (Wildman–Crippen LogP) is 7.01. The molecule has 11 nitrogen and oxygen atoms in total. The molecule has 47 heavy (non-hydrogen) atoms. The smallest absolute Gasteiger partial charge is 0.367 e. The molecular formula is C33H16N6O5S3. The fourth-order valence-corrected chi connectivity index (χ4v) is 8.22. The maximum absolute atomic E-state index is 14.3. The van der Waals surface area contributed by atoms with Gasteiger partial charge in [-0.25, -0.2) is 19.6 Å². The number of aliphatic imine (C=N–C) groups is 2. The molecule has 0 fully saturated rings. The highest BCUT2D eigenvalue weighted by Gasteiger charge is 2.59. The van der Waals surface area contributed by atoms with Gasteiger partial charge in [-0.1, -0.05) is 60.7 Å². The number of carbonyl (C=O) groups is 2. The second-order valence-corrected chi connectivity index (χ2v) is 12.8. The largest absolute Gasteiger partial charge is 0.457 e. The number of esters is 2. The summed E-state index contributed by atoms with van der Waals surface area (Å²) >= 11 is 3.44. The molecule has 0 bridgehead atoms. The Morgan fingerprint density at radius 1 is 0.702 bits per heavy atom. The number of ether oxygens (including phenoxy) is 3. The minimum Gasteiger partial charge on any atom is -0.457 e. The molecule has 0 saturated heterocycles. The molecule has 0 spiro atoms. The lowest BCUT2D eigenvalue weighted by atomic mass is 9.91. The zero-order valence-electron chi connectivity index (χ0n) is 23.8. The minimum absolute atomic E-state index is 0.0866. The van der Waals surface area contributed by atoms with Crippen LogP contribution in [-0.4, -0.2) is 23.4 Å². The van der Waals surface area contributed by atoms with Crippen molar-refractivity contribution in [2.75, 3.05) is 0 Å². The van der Waals surface area contributed by atoms with Crippen molar-refractivity contribution in [1.82, 2.24) is 0 Å². The van der Waals surface area contributed by atoms with Crippen molar-refractivity contribution < 1.29 is 23.8 Å². The van der Waals surface area contributed by atoms with Gasteiger partial charge in [-0.15, -0.1) is 34.0 Å². The van der Waals surface area contributed by atoms with Crippen LogP contribution in [0, 0.1) is 45.3 Å². The molecule has 0 unspecified atom stereocenters. The van der Waals surface area contributed by atoms with E-state index in [4.69, 9.17) is 14.2 Å². The van der Waals surface area contributed by atoms with Crippen molar-refractivity contribution in [3.63, 3.8) is 0 Å². The molecule has 0 radical (unpaired) electrons. The molecule has 2 aromatic carbocycles. The number of hydrogen-bond donors (Lipinski definition) is 0. The summed E-state index contributed by atoms with van der Waals surface area (Å²) in [5.41, 5.74) is -1.82. The summed E-state index contributed by atoms with van der Waals surface area (Å²) in [6.07, 6.45) is 0. The average Bonchev–Trinajstić information content (AvgIpc) is 3.81. The summed E-state index contributed by atoms with van der Waals surface area (Å²) in [4.78, 5) is 37.8. The molecule has 1 aliphatic rings. The lowest BCUT2D eigenvalue weighted by Gasteiger charge is -2.33. The molecule has 0 aliphatic carbocycles. The molecule has 0 amide bonds. The first-order chi connectivity index (χ1) is 22.9. The fraction of sp³-hybridized carbons (Fsp3) is 0.0909. The Labute approximate surface area is 278 Å². The third kappa shape index (κ3) is 5.84. The first kappa shape index (κ1) is 30.8. The van der Waals surface area contributed by atoms with Crippen molar-refractivity contribution in [2.45, 2.75) is 18.8 Å². The van der Waals surface area contributed by atoms with E-state index in [0.29, 0.717) is 35.3 Å². The monoisotopic (exact) mass is 672 g/mol. The van der Waals surface area contributed by atoms with Crippen molar-refractivity contribution in [1.29, 1.82) is 21.0 Å².